The summed E-state index contributed by atoms with van der Waals surface area (Å²) < 4.78 is 15.9. The predicted molar refractivity (Wildman–Crippen MR) is 91.4 cm³/mol. The van der Waals surface area contributed by atoms with Gasteiger partial charge in [-0.3, -0.25) is 0 Å². The summed E-state index contributed by atoms with van der Waals surface area (Å²) in [6, 6.07) is 3.20. The van der Waals surface area contributed by atoms with Crippen molar-refractivity contribution in [1.82, 2.24) is 10.3 Å². The quantitative estimate of drug-likeness (QED) is 0.747. The van der Waals surface area contributed by atoms with Crippen LogP contribution in [-0.4, -0.2) is 50.1 Å². The van der Waals surface area contributed by atoms with Gasteiger partial charge in [0.15, 0.2) is 0 Å². The molecule has 2 rings (SSSR count). The van der Waals surface area contributed by atoms with E-state index in [9.17, 15) is 4.79 Å². The van der Waals surface area contributed by atoms with Gasteiger partial charge in [0.1, 0.15) is 6.61 Å². The number of carbonyl (C=O) groups is 1. The van der Waals surface area contributed by atoms with E-state index in [2.05, 4.69) is 36.4 Å². The fourth-order valence-corrected chi connectivity index (χ4v) is 2.84. The van der Waals surface area contributed by atoms with E-state index >= 15 is 0 Å². The zero-order valence-corrected chi connectivity index (χ0v) is 15.0. The maximum Gasteiger partial charge on any atom is 0.319 e. The Bertz CT molecular complexity index is 579. The summed E-state index contributed by atoms with van der Waals surface area (Å²) in [6.07, 6.45) is 2.37. The molecule has 24 heavy (non-hydrogen) atoms. The number of aromatic nitrogens is 1. The minimum atomic E-state index is -0.250. The molecule has 0 aliphatic heterocycles. The van der Waals surface area contributed by atoms with Crippen molar-refractivity contribution in [3.05, 3.63) is 18.3 Å². The van der Waals surface area contributed by atoms with E-state index in [4.69, 9.17) is 14.2 Å². The molecule has 0 saturated heterocycles. The fraction of sp³-hybridized carbons (Fsp3) is 0.647. The van der Waals surface area contributed by atoms with Gasteiger partial charge in [0.2, 0.25) is 5.88 Å². The van der Waals surface area contributed by atoms with E-state index in [0.29, 0.717) is 24.8 Å². The summed E-state index contributed by atoms with van der Waals surface area (Å²) in [5, 5.41) is 5.82. The van der Waals surface area contributed by atoms with Crippen LogP contribution in [-0.2, 0) is 9.47 Å². The van der Waals surface area contributed by atoms with Crippen molar-refractivity contribution in [1.29, 1.82) is 0 Å². The highest BCUT2D eigenvalue weighted by molar-refractivity contribution is 5.89. The smallest absolute Gasteiger partial charge is 0.319 e. The Labute approximate surface area is 143 Å². The van der Waals surface area contributed by atoms with Crippen molar-refractivity contribution in [2.24, 2.45) is 5.41 Å². The van der Waals surface area contributed by atoms with Crippen molar-refractivity contribution in [3.63, 3.8) is 0 Å². The number of pyridine rings is 1. The summed E-state index contributed by atoms with van der Waals surface area (Å²) in [6.45, 7) is 7.15. The number of ether oxygens (including phenoxy) is 3. The van der Waals surface area contributed by atoms with Crippen LogP contribution in [0.15, 0.2) is 18.3 Å². The number of nitrogens with zero attached hydrogens (tertiary/aromatic N) is 1. The van der Waals surface area contributed by atoms with Crippen molar-refractivity contribution in [2.45, 2.75) is 38.8 Å². The Hall–Kier alpha value is -1.86. The third kappa shape index (κ3) is 3.79. The topological polar surface area (TPSA) is 81.7 Å². The zero-order valence-electron chi connectivity index (χ0n) is 15.0. The van der Waals surface area contributed by atoms with Gasteiger partial charge in [0.05, 0.1) is 12.2 Å². The monoisotopic (exact) mass is 337 g/mol. The highest BCUT2D eigenvalue weighted by atomic mass is 16.5. The van der Waals surface area contributed by atoms with E-state index in [1.165, 1.54) is 0 Å². The fourth-order valence-electron chi connectivity index (χ4n) is 2.84. The molecule has 1 heterocycles. The third-order valence-corrected chi connectivity index (χ3v) is 5.11. The molecule has 0 spiro atoms. The molecule has 1 fully saturated rings. The molecule has 0 bridgehead atoms. The molecular formula is C17H27N3O4. The number of amides is 2. The van der Waals surface area contributed by atoms with Gasteiger partial charge in [-0.15, -0.1) is 0 Å². The number of methoxy groups -OCH3 is 2. The number of rotatable bonds is 7. The second-order valence-electron chi connectivity index (χ2n) is 6.74. The number of urea groups is 1. The molecule has 2 amide bonds. The maximum atomic E-state index is 12.2. The van der Waals surface area contributed by atoms with Crippen LogP contribution in [0.2, 0.25) is 0 Å². The zero-order chi connectivity index (χ0) is 17.8. The van der Waals surface area contributed by atoms with E-state index in [1.807, 2.05) is 0 Å². The molecule has 0 unspecified atom stereocenters. The number of anilines is 1. The Morgan fingerprint density at radius 3 is 2.71 bits per heavy atom. The van der Waals surface area contributed by atoms with Crippen molar-refractivity contribution in [2.75, 3.05) is 32.8 Å². The number of hydrogen-bond acceptors (Lipinski definition) is 5. The molecule has 1 saturated carbocycles. The third-order valence-electron chi connectivity index (χ3n) is 5.11. The molecule has 0 radical (unpaired) electrons. The first-order valence-electron chi connectivity index (χ1n) is 8.03. The maximum absolute atomic E-state index is 12.2. The van der Waals surface area contributed by atoms with Crippen LogP contribution in [0.4, 0.5) is 10.5 Å². The first kappa shape index (κ1) is 18.5. The van der Waals surface area contributed by atoms with Crippen LogP contribution in [0.5, 0.6) is 5.88 Å². The lowest BCUT2D eigenvalue weighted by atomic mass is 9.56. The van der Waals surface area contributed by atoms with Crippen molar-refractivity contribution in [3.8, 4) is 5.88 Å². The number of hydrogen-bond donors (Lipinski definition) is 2. The summed E-state index contributed by atoms with van der Waals surface area (Å²) in [5.74, 6) is 0.445. The molecule has 1 aliphatic carbocycles. The minimum Gasteiger partial charge on any atom is -0.475 e. The van der Waals surface area contributed by atoms with Gasteiger partial charge in [-0.1, -0.05) is 13.8 Å². The molecule has 1 aliphatic rings. The van der Waals surface area contributed by atoms with Gasteiger partial charge >= 0.3 is 6.03 Å². The number of nitrogens with one attached hydrogen (secondary N) is 2. The molecule has 7 heteroatoms. The van der Waals surface area contributed by atoms with Crippen LogP contribution >= 0.6 is 0 Å². The average Bonchev–Trinajstić information content (AvgIpc) is 2.54. The molecular weight excluding hydrogens is 310 g/mol. The normalized spacial score (nSPS) is 24.8. The highest BCUT2D eigenvalue weighted by Gasteiger charge is 2.58. The highest BCUT2D eigenvalue weighted by Crippen LogP contribution is 2.51. The van der Waals surface area contributed by atoms with E-state index in [0.717, 1.165) is 6.42 Å². The van der Waals surface area contributed by atoms with Crippen LogP contribution in [0.25, 0.3) is 0 Å². The van der Waals surface area contributed by atoms with E-state index in [-0.39, 0.29) is 23.1 Å². The first-order valence-corrected chi connectivity index (χ1v) is 8.03. The second kappa shape index (κ2) is 7.36. The lowest BCUT2D eigenvalue weighted by Gasteiger charge is -2.59. The molecule has 1 aromatic heterocycles. The van der Waals surface area contributed by atoms with Gasteiger partial charge in [0.25, 0.3) is 0 Å². The predicted octanol–water partition coefficient (Wildman–Crippen LogP) is 2.43. The lowest BCUT2D eigenvalue weighted by molar-refractivity contribution is -0.177. The first-order chi connectivity index (χ1) is 11.3. The largest absolute Gasteiger partial charge is 0.475 e. The van der Waals surface area contributed by atoms with E-state index < -0.39 is 0 Å². The van der Waals surface area contributed by atoms with Crippen LogP contribution in [0.3, 0.4) is 0 Å². The molecule has 2 N–H and O–H groups in total. The average molecular weight is 337 g/mol. The van der Waals surface area contributed by atoms with Gasteiger partial charge in [-0.2, -0.15) is 0 Å². The molecule has 2 atom stereocenters. The van der Waals surface area contributed by atoms with Crippen molar-refractivity contribution >= 4 is 11.7 Å². The van der Waals surface area contributed by atoms with Crippen molar-refractivity contribution < 1.29 is 19.0 Å². The Morgan fingerprint density at radius 1 is 1.33 bits per heavy atom. The molecule has 134 valence electrons. The summed E-state index contributed by atoms with van der Waals surface area (Å²) >= 11 is 0. The summed E-state index contributed by atoms with van der Waals surface area (Å²) in [4.78, 5) is 16.3. The number of carbonyl (C=O) groups excluding carboxylic acids is 1. The minimum absolute atomic E-state index is 0.0571. The summed E-state index contributed by atoms with van der Waals surface area (Å²) in [7, 11) is 3.32. The SMILES string of the molecule is COCCOc1cc(NC(=O)N[C@H]2C[C@](C)(OC)C2(C)C)ccn1. The molecule has 7 nitrogen and oxygen atoms in total. The van der Waals surface area contributed by atoms with Crippen LogP contribution < -0.4 is 15.4 Å². The Balaban J connectivity index is 1.88. The Morgan fingerprint density at radius 2 is 2.08 bits per heavy atom. The van der Waals surface area contributed by atoms with Gasteiger partial charge in [-0.05, 0) is 19.4 Å². The Kier molecular flexibility index (Phi) is 5.66. The van der Waals surface area contributed by atoms with Crippen LogP contribution in [0.1, 0.15) is 27.2 Å². The van der Waals surface area contributed by atoms with E-state index in [1.54, 1.807) is 32.5 Å². The molecule has 1 aromatic rings. The van der Waals surface area contributed by atoms with Gasteiger partial charge < -0.3 is 24.8 Å². The summed E-state index contributed by atoms with van der Waals surface area (Å²) in [5.41, 5.74) is 0.275. The standard InChI is InChI=1S/C17H27N3O4/c1-16(2)13(11-17(16,3)23-5)20-15(21)19-12-6-7-18-14(10-12)24-9-8-22-4/h6-7,10,13H,8-9,11H2,1-5H3,(H2,18,19,20,21)/t13-,17-/m0/s1. The lowest BCUT2D eigenvalue weighted by Crippen LogP contribution is -2.68. The second-order valence-corrected chi connectivity index (χ2v) is 6.74. The van der Waals surface area contributed by atoms with Gasteiger partial charge in [0, 0.05) is 43.6 Å². The van der Waals surface area contributed by atoms with Gasteiger partial charge in [-0.25, -0.2) is 9.78 Å². The molecule has 0 aromatic carbocycles. The van der Waals surface area contributed by atoms with Crippen LogP contribution in [0, 0.1) is 5.41 Å².